The van der Waals surface area contributed by atoms with Crippen molar-refractivity contribution < 1.29 is 0 Å². The quantitative estimate of drug-likeness (QED) is 0.759. The molecule has 0 bridgehead atoms. The number of H-pyrrole nitrogens is 1. The van der Waals surface area contributed by atoms with Gasteiger partial charge in [0, 0.05) is 11.6 Å². The maximum Gasteiger partial charge on any atom is 0.225 e. The van der Waals surface area contributed by atoms with Crippen LogP contribution in [0.4, 0.5) is 5.95 Å². The molecule has 3 rings (SSSR count). The third-order valence-electron chi connectivity index (χ3n) is 2.52. The van der Waals surface area contributed by atoms with Crippen LogP contribution in [0.1, 0.15) is 5.56 Å². The van der Waals surface area contributed by atoms with Crippen molar-refractivity contribution in [1.82, 2.24) is 19.9 Å². The van der Waals surface area contributed by atoms with Gasteiger partial charge >= 0.3 is 0 Å². The van der Waals surface area contributed by atoms with E-state index in [1.165, 1.54) is 0 Å². The Kier molecular flexibility index (Phi) is 2.82. The summed E-state index contributed by atoms with van der Waals surface area (Å²) < 4.78 is 0. The van der Waals surface area contributed by atoms with Gasteiger partial charge in [-0.25, -0.2) is 9.97 Å². The first kappa shape index (κ1) is 11.0. The Morgan fingerprint density at radius 1 is 1.28 bits per heavy atom. The fourth-order valence-electron chi connectivity index (χ4n) is 1.65. The van der Waals surface area contributed by atoms with Gasteiger partial charge in [0.1, 0.15) is 5.52 Å². The summed E-state index contributed by atoms with van der Waals surface area (Å²) >= 11 is 5.92. The molecule has 0 unspecified atom stereocenters. The summed E-state index contributed by atoms with van der Waals surface area (Å²) in [6.45, 7) is 0.622. The van der Waals surface area contributed by atoms with Gasteiger partial charge in [-0.15, -0.1) is 0 Å². The van der Waals surface area contributed by atoms with Crippen molar-refractivity contribution in [3.8, 4) is 0 Å². The van der Waals surface area contributed by atoms with Gasteiger partial charge in [-0.1, -0.05) is 23.7 Å². The molecule has 1 aromatic carbocycles. The van der Waals surface area contributed by atoms with E-state index in [1.54, 1.807) is 12.5 Å². The summed E-state index contributed by atoms with van der Waals surface area (Å²) in [6.07, 6.45) is 3.30. The second-order valence-corrected chi connectivity index (χ2v) is 4.25. The molecule has 0 aliphatic heterocycles. The molecule has 2 heterocycles. The fourth-order valence-corrected chi connectivity index (χ4v) is 1.86. The van der Waals surface area contributed by atoms with Crippen molar-refractivity contribution in [2.75, 3.05) is 5.32 Å². The first-order chi connectivity index (χ1) is 8.81. The summed E-state index contributed by atoms with van der Waals surface area (Å²) in [4.78, 5) is 15.5. The lowest BCUT2D eigenvalue weighted by molar-refractivity contribution is 1.07. The van der Waals surface area contributed by atoms with Crippen LogP contribution in [0.3, 0.4) is 0 Å². The van der Waals surface area contributed by atoms with Crippen molar-refractivity contribution in [2.24, 2.45) is 0 Å². The van der Waals surface area contributed by atoms with E-state index in [4.69, 9.17) is 11.6 Å². The predicted octanol–water partition coefficient (Wildman–Crippen LogP) is 2.62. The van der Waals surface area contributed by atoms with E-state index in [2.05, 4.69) is 25.3 Å². The Morgan fingerprint density at radius 2 is 2.22 bits per heavy atom. The van der Waals surface area contributed by atoms with Crippen molar-refractivity contribution >= 4 is 28.7 Å². The highest BCUT2D eigenvalue weighted by Crippen LogP contribution is 2.12. The molecule has 0 radical (unpaired) electrons. The Bertz CT molecular complexity index is 679. The van der Waals surface area contributed by atoms with E-state index >= 15 is 0 Å². The zero-order chi connectivity index (χ0) is 12.4. The average molecular weight is 260 g/mol. The van der Waals surface area contributed by atoms with Crippen LogP contribution < -0.4 is 5.32 Å². The topological polar surface area (TPSA) is 66.5 Å². The minimum Gasteiger partial charge on any atom is -0.350 e. The summed E-state index contributed by atoms with van der Waals surface area (Å²) in [5.74, 6) is 0.551. The largest absolute Gasteiger partial charge is 0.350 e. The number of benzene rings is 1. The molecule has 0 saturated carbocycles. The van der Waals surface area contributed by atoms with Crippen LogP contribution in [0.15, 0.2) is 36.8 Å². The number of aromatic nitrogens is 4. The molecule has 90 valence electrons. The number of nitrogens with zero attached hydrogens (tertiary/aromatic N) is 3. The molecule has 18 heavy (non-hydrogen) atoms. The van der Waals surface area contributed by atoms with E-state index in [9.17, 15) is 0 Å². The third kappa shape index (κ3) is 2.26. The zero-order valence-electron chi connectivity index (χ0n) is 9.39. The van der Waals surface area contributed by atoms with Crippen molar-refractivity contribution in [3.63, 3.8) is 0 Å². The highest BCUT2D eigenvalue weighted by Gasteiger charge is 2.01. The Morgan fingerprint density at radius 3 is 3.11 bits per heavy atom. The van der Waals surface area contributed by atoms with Gasteiger partial charge in [0.05, 0.1) is 12.5 Å². The minimum absolute atomic E-state index is 0.551. The molecule has 2 N–H and O–H groups in total. The molecule has 5 nitrogen and oxygen atoms in total. The molecule has 0 fully saturated rings. The molecular weight excluding hydrogens is 250 g/mol. The first-order valence-corrected chi connectivity index (χ1v) is 5.83. The van der Waals surface area contributed by atoms with Gasteiger partial charge in [-0.05, 0) is 17.7 Å². The molecule has 0 spiro atoms. The predicted molar refractivity (Wildman–Crippen MR) is 70.5 cm³/mol. The normalized spacial score (nSPS) is 10.7. The molecule has 2 aromatic heterocycles. The van der Waals surface area contributed by atoms with Crippen LogP contribution in [0.5, 0.6) is 0 Å². The van der Waals surface area contributed by atoms with Crippen LogP contribution in [0.25, 0.3) is 11.2 Å². The standard InChI is InChI=1S/C12H10ClN5/c13-9-3-1-2-8(4-9)5-14-12-15-6-10-11(18-12)17-7-16-10/h1-4,6-7H,5H2,(H2,14,15,16,17,18). The van der Waals surface area contributed by atoms with E-state index in [0.717, 1.165) is 16.1 Å². The number of anilines is 1. The van der Waals surface area contributed by atoms with Gasteiger partial charge in [0.2, 0.25) is 5.95 Å². The van der Waals surface area contributed by atoms with E-state index in [1.807, 2.05) is 24.3 Å². The summed E-state index contributed by atoms with van der Waals surface area (Å²) in [5.41, 5.74) is 2.55. The number of aromatic amines is 1. The van der Waals surface area contributed by atoms with Gasteiger partial charge in [-0.3, -0.25) is 0 Å². The van der Waals surface area contributed by atoms with Gasteiger partial charge in [0.25, 0.3) is 0 Å². The fraction of sp³-hybridized carbons (Fsp3) is 0.0833. The number of hydrogen-bond acceptors (Lipinski definition) is 4. The van der Waals surface area contributed by atoms with Crippen molar-refractivity contribution in [3.05, 3.63) is 47.4 Å². The number of nitrogens with one attached hydrogen (secondary N) is 2. The lowest BCUT2D eigenvalue weighted by atomic mass is 10.2. The second-order valence-electron chi connectivity index (χ2n) is 3.82. The van der Waals surface area contributed by atoms with E-state index in [0.29, 0.717) is 18.1 Å². The smallest absolute Gasteiger partial charge is 0.225 e. The lowest BCUT2D eigenvalue weighted by Gasteiger charge is -2.04. The van der Waals surface area contributed by atoms with E-state index in [-0.39, 0.29) is 0 Å². The van der Waals surface area contributed by atoms with Crippen molar-refractivity contribution in [2.45, 2.75) is 6.54 Å². The molecular formula is C12H10ClN5. The summed E-state index contributed by atoms with van der Waals surface area (Å²) in [5, 5.41) is 3.86. The Balaban J connectivity index is 1.76. The number of halogens is 1. The average Bonchev–Trinajstić information content (AvgIpc) is 2.84. The summed E-state index contributed by atoms with van der Waals surface area (Å²) in [7, 11) is 0. The minimum atomic E-state index is 0.551. The highest BCUT2D eigenvalue weighted by molar-refractivity contribution is 6.30. The van der Waals surface area contributed by atoms with Crippen LogP contribution in [0.2, 0.25) is 5.02 Å². The third-order valence-corrected chi connectivity index (χ3v) is 2.75. The maximum atomic E-state index is 5.92. The molecule has 6 heteroatoms. The SMILES string of the molecule is Clc1cccc(CNc2ncc3[nH]cnc3n2)c1. The molecule has 3 aromatic rings. The Labute approximate surface area is 108 Å². The molecule has 0 atom stereocenters. The number of imidazole rings is 1. The van der Waals surface area contributed by atoms with Crippen LogP contribution in [-0.4, -0.2) is 19.9 Å². The van der Waals surface area contributed by atoms with Crippen molar-refractivity contribution in [1.29, 1.82) is 0 Å². The number of fused-ring (bicyclic) bond motifs is 1. The van der Waals surface area contributed by atoms with E-state index < -0.39 is 0 Å². The number of rotatable bonds is 3. The lowest BCUT2D eigenvalue weighted by Crippen LogP contribution is -2.03. The van der Waals surface area contributed by atoms with Gasteiger partial charge < -0.3 is 10.3 Å². The first-order valence-electron chi connectivity index (χ1n) is 5.46. The second kappa shape index (κ2) is 4.62. The maximum absolute atomic E-state index is 5.92. The molecule has 0 saturated heterocycles. The molecule has 0 aliphatic rings. The van der Waals surface area contributed by atoms with Gasteiger partial charge in [-0.2, -0.15) is 4.98 Å². The monoisotopic (exact) mass is 259 g/mol. The summed E-state index contributed by atoms with van der Waals surface area (Å²) in [6, 6.07) is 7.65. The Hall–Kier alpha value is -2.14. The van der Waals surface area contributed by atoms with Gasteiger partial charge in [0.15, 0.2) is 5.65 Å². The highest BCUT2D eigenvalue weighted by atomic mass is 35.5. The zero-order valence-corrected chi connectivity index (χ0v) is 10.1. The number of hydrogen-bond donors (Lipinski definition) is 2. The molecule has 0 amide bonds. The van der Waals surface area contributed by atoms with Crippen LogP contribution in [0, 0.1) is 0 Å². The van der Waals surface area contributed by atoms with Crippen LogP contribution in [-0.2, 0) is 6.54 Å². The van der Waals surface area contributed by atoms with Crippen LogP contribution >= 0.6 is 11.6 Å². The molecule has 0 aliphatic carbocycles.